The lowest BCUT2D eigenvalue weighted by Crippen LogP contribution is -2.52. The molecule has 8 unspecified atom stereocenters. The first-order valence-corrected chi connectivity index (χ1v) is 11.3. The van der Waals surface area contributed by atoms with Gasteiger partial charge in [-0.25, -0.2) is 0 Å². The summed E-state index contributed by atoms with van der Waals surface area (Å²) in [5.74, 6) is 3.41. The molecule has 0 spiro atoms. The van der Waals surface area contributed by atoms with Crippen LogP contribution < -0.4 is 0 Å². The monoisotopic (exact) mass is 358 g/mol. The second kappa shape index (κ2) is 6.47. The number of fused-ring (bicyclic) bond motifs is 5. The van der Waals surface area contributed by atoms with Crippen molar-refractivity contribution in [2.75, 3.05) is 0 Å². The number of rotatable bonds is 3. The fraction of sp³-hybridized carbons (Fsp3) is 0.875. The van der Waals surface area contributed by atoms with Crippen molar-refractivity contribution in [3.05, 3.63) is 11.6 Å². The van der Waals surface area contributed by atoms with E-state index in [0.29, 0.717) is 35.4 Å². The second-order valence-electron chi connectivity index (χ2n) is 10.5. The van der Waals surface area contributed by atoms with E-state index in [2.05, 4.69) is 33.8 Å². The molecule has 0 bridgehead atoms. The van der Waals surface area contributed by atoms with E-state index in [0.717, 1.165) is 19.3 Å². The number of aliphatic hydroxyl groups is 1. The molecule has 0 saturated heterocycles. The molecule has 1 N–H and O–H groups in total. The number of carbonyl (C=O) groups is 1. The average molecular weight is 359 g/mol. The number of carbonyl (C=O) groups excluding carboxylic acids is 1. The van der Waals surface area contributed by atoms with Crippen LogP contribution in [0.3, 0.4) is 0 Å². The van der Waals surface area contributed by atoms with Crippen molar-refractivity contribution in [3.63, 3.8) is 0 Å². The first kappa shape index (κ1) is 18.7. The van der Waals surface area contributed by atoms with Gasteiger partial charge >= 0.3 is 0 Å². The highest BCUT2D eigenvalue weighted by Gasteiger charge is 2.60. The van der Waals surface area contributed by atoms with Gasteiger partial charge in [-0.1, -0.05) is 46.1 Å². The van der Waals surface area contributed by atoms with Gasteiger partial charge in [0.2, 0.25) is 0 Å². The summed E-state index contributed by atoms with van der Waals surface area (Å²) in [6.45, 7) is 9.38. The zero-order chi connectivity index (χ0) is 18.7. The molecule has 0 aromatic rings. The van der Waals surface area contributed by atoms with Gasteiger partial charge < -0.3 is 5.11 Å². The molecule has 0 aliphatic heterocycles. The van der Waals surface area contributed by atoms with Crippen LogP contribution in [-0.2, 0) is 4.79 Å². The zero-order valence-electron chi connectivity index (χ0n) is 17.3. The van der Waals surface area contributed by atoms with Gasteiger partial charge in [-0.2, -0.15) is 0 Å². The molecular weight excluding hydrogens is 320 g/mol. The van der Waals surface area contributed by atoms with Crippen molar-refractivity contribution < 1.29 is 9.90 Å². The lowest BCUT2D eigenvalue weighted by Gasteiger charge is -2.56. The molecule has 146 valence electrons. The van der Waals surface area contributed by atoms with Crippen LogP contribution in [0.25, 0.3) is 0 Å². The van der Waals surface area contributed by atoms with Crippen molar-refractivity contribution >= 4 is 5.78 Å². The smallest absolute Gasteiger partial charge is 0.162 e. The highest BCUT2D eigenvalue weighted by molar-refractivity contribution is 5.97. The molecule has 4 aliphatic rings. The Morgan fingerprint density at radius 1 is 1.19 bits per heavy atom. The summed E-state index contributed by atoms with van der Waals surface area (Å²) < 4.78 is 0. The third-order valence-corrected chi connectivity index (χ3v) is 9.40. The summed E-state index contributed by atoms with van der Waals surface area (Å²) in [5.41, 5.74) is 1.52. The maximum atomic E-state index is 13.5. The lowest BCUT2D eigenvalue weighted by molar-refractivity contribution is -0.132. The molecule has 2 nitrogen and oxygen atoms in total. The standard InChI is InChI=1S/C24H38O2/c1-5-6-15(2)19-9-10-20-18-8-7-16-13-17(25)11-12-23(16,3)21(18)14-22(26)24(19,20)4/h14-20,25H,5-13H2,1-4H3. The number of hydrogen-bond donors (Lipinski definition) is 1. The number of ketones is 1. The average Bonchev–Trinajstić information content (AvgIpc) is 2.96. The van der Waals surface area contributed by atoms with E-state index < -0.39 is 0 Å². The Bertz CT molecular complexity index is 607. The Morgan fingerprint density at radius 2 is 1.96 bits per heavy atom. The minimum Gasteiger partial charge on any atom is -0.393 e. The molecule has 4 rings (SSSR count). The van der Waals surface area contributed by atoms with Gasteiger partial charge in [0.1, 0.15) is 0 Å². The zero-order valence-corrected chi connectivity index (χ0v) is 17.3. The van der Waals surface area contributed by atoms with Gasteiger partial charge in [0.15, 0.2) is 5.78 Å². The predicted molar refractivity (Wildman–Crippen MR) is 106 cm³/mol. The minimum atomic E-state index is -0.125. The summed E-state index contributed by atoms with van der Waals surface area (Å²) in [5, 5.41) is 10.2. The van der Waals surface area contributed by atoms with E-state index in [4.69, 9.17) is 0 Å². The molecule has 4 aliphatic carbocycles. The summed E-state index contributed by atoms with van der Waals surface area (Å²) in [7, 11) is 0. The van der Waals surface area contributed by atoms with Gasteiger partial charge in [-0.3, -0.25) is 4.79 Å². The predicted octanol–water partition coefficient (Wildman–Crippen LogP) is 5.54. The first-order chi connectivity index (χ1) is 12.3. The van der Waals surface area contributed by atoms with Crippen molar-refractivity contribution in [2.45, 2.75) is 91.6 Å². The topological polar surface area (TPSA) is 37.3 Å². The van der Waals surface area contributed by atoms with E-state index >= 15 is 0 Å². The van der Waals surface area contributed by atoms with Gasteiger partial charge in [0.05, 0.1) is 6.10 Å². The Hall–Kier alpha value is -0.630. The molecular formula is C24H38O2. The van der Waals surface area contributed by atoms with E-state index in [1.807, 2.05) is 0 Å². The summed E-state index contributed by atoms with van der Waals surface area (Å²) in [6, 6.07) is 0. The minimum absolute atomic E-state index is 0.125. The van der Waals surface area contributed by atoms with E-state index in [9.17, 15) is 9.90 Å². The molecule has 2 heteroatoms. The molecule has 0 heterocycles. The van der Waals surface area contributed by atoms with Crippen LogP contribution in [0.2, 0.25) is 0 Å². The molecule has 8 atom stereocenters. The number of hydrogen-bond acceptors (Lipinski definition) is 2. The van der Waals surface area contributed by atoms with E-state index in [1.54, 1.807) is 0 Å². The third kappa shape index (κ3) is 2.50. The molecule has 0 amide bonds. The Kier molecular flexibility index (Phi) is 4.66. The van der Waals surface area contributed by atoms with Gasteiger partial charge in [0.25, 0.3) is 0 Å². The Labute approximate surface area is 159 Å². The Balaban J connectivity index is 1.69. The van der Waals surface area contributed by atoms with Crippen molar-refractivity contribution in [3.8, 4) is 0 Å². The third-order valence-electron chi connectivity index (χ3n) is 9.40. The summed E-state index contributed by atoms with van der Waals surface area (Å²) in [6.07, 6.45) is 12.3. The van der Waals surface area contributed by atoms with Crippen LogP contribution >= 0.6 is 0 Å². The fourth-order valence-electron chi connectivity index (χ4n) is 7.89. The van der Waals surface area contributed by atoms with Crippen LogP contribution in [0.15, 0.2) is 11.6 Å². The summed E-state index contributed by atoms with van der Waals surface area (Å²) >= 11 is 0. The maximum Gasteiger partial charge on any atom is 0.162 e. The SMILES string of the molecule is CCCC(C)C1CCC2C3CCC4CC(O)CCC4(C)C3=CC(=O)C12C. The second-order valence-corrected chi connectivity index (χ2v) is 10.5. The van der Waals surface area contributed by atoms with Crippen LogP contribution in [0.5, 0.6) is 0 Å². The Morgan fingerprint density at radius 3 is 2.69 bits per heavy atom. The molecule has 3 saturated carbocycles. The molecule has 0 aromatic carbocycles. The van der Waals surface area contributed by atoms with Crippen LogP contribution in [0, 0.1) is 40.4 Å². The fourth-order valence-corrected chi connectivity index (χ4v) is 7.89. The normalized spacial score (nSPS) is 49.0. The van der Waals surface area contributed by atoms with E-state index in [1.165, 1.54) is 44.1 Å². The van der Waals surface area contributed by atoms with Gasteiger partial charge in [-0.05, 0) is 86.0 Å². The molecule has 0 radical (unpaired) electrons. The van der Waals surface area contributed by atoms with Crippen molar-refractivity contribution in [2.24, 2.45) is 40.4 Å². The highest BCUT2D eigenvalue weighted by atomic mass is 16.3. The van der Waals surface area contributed by atoms with Crippen LogP contribution in [0.4, 0.5) is 0 Å². The first-order valence-electron chi connectivity index (χ1n) is 11.3. The van der Waals surface area contributed by atoms with Crippen LogP contribution in [0.1, 0.15) is 85.5 Å². The molecule has 3 fully saturated rings. The quantitative estimate of drug-likeness (QED) is 0.719. The van der Waals surface area contributed by atoms with Crippen molar-refractivity contribution in [1.29, 1.82) is 0 Å². The number of allylic oxidation sites excluding steroid dienone is 2. The number of aliphatic hydroxyl groups excluding tert-OH is 1. The van der Waals surface area contributed by atoms with E-state index in [-0.39, 0.29) is 16.9 Å². The van der Waals surface area contributed by atoms with Crippen LogP contribution in [-0.4, -0.2) is 17.0 Å². The summed E-state index contributed by atoms with van der Waals surface area (Å²) in [4.78, 5) is 13.5. The van der Waals surface area contributed by atoms with Crippen molar-refractivity contribution in [1.82, 2.24) is 0 Å². The molecule has 26 heavy (non-hydrogen) atoms. The highest BCUT2D eigenvalue weighted by Crippen LogP contribution is 2.65. The lowest BCUT2D eigenvalue weighted by atomic mass is 9.48. The molecule has 0 aromatic heterocycles. The largest absolute Gasteiger partial charge is 0.393 e. The maximum absolute atomic E-state index is 13.5. The van der Waals surface area contributed by atoms with Gasteiger partial charge in [0, 0.05) is 5.41 Å². The van der Waals surface area contributed by atoms with Gasteiger partial charge in [-0.15, -0.1) is 0 Å².